The average Bonchev–Trinajstić information content (AvgIpc) is 3.38. The van der Waals surface area contributed by atoms with E-state index in [2.05, 4.69) is 106 Å². The fraction of sp³-hybridized carbons (Fsp3) is 0.761. The summed E-state index contributed by atoms with van der Waals surface area (Å²) in [6.07, 6.45) is 83.2. The number of carbonyl (C=O) groups is 2. The van der Waals surface area contributed by atoms with Crippen molar-refractivity contribution in [1.29, 1.82) is 0 Å². The summed E-state index contributed by atoms with van der Waals surface area (Å²) in [6, 6.07) is 0. The lowest BCUT2D eigenvalue weighted by molar-refractivity contribution is -0.163. The quantitative estimate of drug-likeness (QED) is 0.0345. The van der Waals surface area contributed by atoms with E-state index < -0.39 is 6.10 Å². The summed E-state index contributed by atoms with van der Waals surface area (Å²) in [6.45, 7) is 7.76. The van der Waals surface area contributed by atoms with E-state index in [0.717, 1.165) is 83.5 Å². The van der Waals surface area contributed by atoms with Gasteiger partial charge in [-0.15, -0.1) is 0 Å². The Labute approximate surface area is 448 Å². The predicted molar refractivity (Wildman–Crippen MR) is 316 cm³/mol. The SMILES string of the molecule is CCCCC/C=C\C/C=C\C/C=C\CCCCCCCCC(=O)OCC(COCCCCCCCCCCCC/C=C\C/C=C\CCCCC)OC(=O)CCCCCCCCC/C=C\C/C=C\CCCCC. The molecule has 0 rings (SSSR count). The molecule has 416 valence electrons. The molecule has 0 aliphatic heterocycles. The van der Waals surface area contributed by atoms with Crippen LogP contribution in [-0.4, -0.2) is 37.9 Å². The Balaban J connectivity index is 4.32. The third-order valence-corrected chi connectivity index (χ3v) is 13.4. The molecule has 0 aromatic heterocycles. The summed E-state index contributed by atoms with van der Waals surface area (Å²) >= 11 is 0. The molecule has 1 atom stereocenters. The van der Waals surface area contributed by atoms with Gasteiger partial charge in [-0.05, 0) is 122 Å². The molecule has 0 aliphatic carbocycles. The lowest BCUT2D eigenvalue weighted by atomic mass is 10.1. The number of esters is 2. The second-order valence-electron chi connectivity index (χ2n) is 20.6. The molecule has 0 radical (unpaired) electrons. The normalized spacial score (nSPS) is 12.8. The van der Waals surface area contributed by atoms with Crippen LogP contribution in [0.15, 0.2) is 85.1 Å². The summed E-state index contributed by atoms with van der Waals surface area (Å²) in [4.78, 5) is 25.6. The van der Waals surface area contributed by atoms with Crippen LogP contribution >= 0.6 is 0 Å². The Morgan fingerprint density at radius 1 is 0.306 bits per heavy atom. The molecule has 1 unspecified atom stereocenters. The van der Waals surface area contributed by atoms with Crippen molar-refractivity contribution in [3.63, 3.8) is 0 Å². The maximum atomic E-state index is 12.9. The summed E-state index contributed by atoms with van der Waals surface area (Å²) < 4.78 is 17.5. The number of hydrogen-bond donors (Lipinski definition) is 0. The van der Waals surface area contributed by atoms with Crippen molar-refractivity contribution in [1.82, 2.24) is 0 Å². The van der Waals surface area contributed by atoms with Crippen molar-refractivity contribution in [3.05, 3.63) is 85.1 Å². The molecular formula is C67H118O5. The molecular weight excluding hydrogens is 885 g/mol. The highest BCUT2D eigenvalue weighted by Crippen LogP contribution is 2.15. The van der Waals surface area contributed by atoms with Crippen LogP contribution in [0.5, 0.6) is 0 Å². The minimum atomic E-state index is -0.553. The van der Waals surface area contributed by atoms with Crippen LogP contribution in [0.4, 0.5) is 0 Å². The first kappa shape index (κ1) is 69.1. The lowest BCUT2D eigenvalue weighted by Gasteiger charge is -2.18. The van der Waals surface area contributed by atoms with Crippen molar-refractivity contribution in [2.24, 2.45) is 0 Å². The zero-order valence-electron chi connectivity index (χ0n) is 47.9. The smallest absolute Gasteiger partial charge is 0.306 e. The molecule has 0 aromatic rings. The summed E-state index contributed by atoms with van der Waals surface area (Å²) in [5.41, 5.74) is 0. The minimum Gasteiger partial charge on any atom is -0.462 e. The monoisotopic (exact) mass is 1000 g/mol. The molecule has 0 fully saturated rings. The molecule has 72 heavy (non-hydrogen) atoms. The van der Waals surface area contributed by atoms with E-state index in [1.807, 2.05) is 0 Å². The Morgan fingerprint density at radius 2 is 0.583 bits per heavy atom. The van der Waals surface area contributed by atoms with Crippen LogP contribution in [0.25, 0.3) is 0 Å². The fourth-order valence-corrected chi connectivity index (χ4v) is 8.70. The Kier molecular flexibility index (Phi) is 59.8. The van der Waals surface area contributed by atoms with E-state index in [4.69, 9.17) is 14.2 Å². The molecule has 0 saturated heterocycles. The second kappa shape index (κ2) is 62.4. The van der Waals surface area contributed by atoms with Crippen molar-refractivity contribution in [2.75, 3.05) is 19.8 Å². The lowest BCUT2D eigenvalue weighted by Crippen LogP contribution is -2.30. The van der Waals surface area contributed by atoms with E-state index in [9.17, 15) is 9.59 Å². The minimum absolute atomic E-state index is 0.0720. The third kappa shape index (κ3) is 59.6. The number of unbranched alkanes of at least 4 members (excludes halogenated alkanes) is 32. The highest BCUT2D eigenvalue weighted by molar-refractivity contribution is 5.70. The van der Waals surface area contributed by atoms with Gasteiger partial charge in [0.1, 0.15) is 6.61 Å². The second-order valence-corrected chi connectivity index (χ2v) is 20.6. The zero-order valence-corrected chi connectivity index (χ0v) is 47.9. The van der Waals surface area contributed by atoms with Crippen LogP contribution in [0.1, 0.15) is 303 Å². The van der Waals surface area contributed by atoms with Gasteiger partial charge >= 0.3 is 11.9 Å². The Bertz CT molecular complexity index is 1320. The fourth-order valence-electron chi connectivity index (χ4n) is 8.70. The van der Waals surface area contributed by atoms with Gasteiger partial charge in [-0.2, -0.15) is 0 Å². The first-order chi connectivity index (χ1) is 35.6. The molecule has 0 N–H and O–H groups in total. The standard InChI is InChI=1S/C67H118O5/c1-4-7-10-13-16-19-22-25-28-31-33-35-38-41-44-47-50-53-56-59-62-70-63-65(72-67(69)61-58-55-52-49-46-43-40-36-30-27-24-21-18-15-12-9-6-3)64-71-66(68)60-57-54-51-48-45-42-39-37-34-32-29-26-23-20-17-14-11-8-5-2/h16-21,25-30,34,37,65H,4-15,22-24,31-33,35-36,38-64H2,1-3H3/b19-16-,20-17-,21-18-,28-25-,29-26-,30-27-,37-34-. The Morgan fingerprint density at radius 3 is 0.931 bits per heavy atom. The van der Waals surface area contributed by atoms with Gasteiger partial charge in [0.05, 0.1) is 6.61 Å². The molecule has 0 aliphatic rings. The topological polar surface area (TPSA) is 61.8 Å². The third-order valence-electron chi connectivity index (χ3n) is 13.4. The van der Waals surface area contributed by atoms with Gasteiger partial charge in [-0.3, -0.25) is 9.59 Å². The van der Waals surface area contributed by atoms with Gasteiger partial charge in [-0.1, -0.05) is 254 Å². The summed E-state index contributed by atoms with van der Waals surface area (Å²) in [5.74, 6) is -0.414. The number of carbonyl (C=O) groups excluding carboxylic acids is 2. The van der Waals surface area contributed by atoms with Crippen molar-refractivity contribution in [2.45, 2.75) is 309 Å². The van der Waals surface area contributed by atoms with E-state index in [0.29, 0.717) is 19.4 Å². The molecule has 0 bridgehead atoms. The first-order valence-electron chi connectivity index (χ1n) is 31.1. The van der Waals surface area contributed by atoms with E-state index in [-0.39, 0.29) is 25.2 Å². The summed E-state index contributed by atoms with van der Waals surface area (Å²) in [5, 5.41) is 0. The van der Waals surface area contributed by atoms with Gasteiger partial charge in [0.2, 0.25) is 0 Å². The van der Waals surface area contributed by atoms with Gasteiger partial charge < -0.3 is 14.2 Å². The predicted octanol–water partition coefficient (Wildman–Crippen LogP) is 21.6. The average molecular weight is 1000 g/mol. The maximum Gasteiger partial charge on any atom is 0.306 e. The number of allylic oxidation sites excluding steroid dienone is 14. The number of rotatable bonds is 57. The van der Waals surface area contributed by atoms with Gasteiger partial charge in [0.25, 0.3) is 0 Å². The zero-order chi connectivity index (χ0) is 52.0. The van der Waals surface area contributed by atoms with Crippen LogP contribution in [0.2, 0.25) is 0 Å². The molecule has 0 aromatic carbocycles. The number of hydrogen-bond acceptors (Lipinski definition) is 5. The van der Waals surface area contributed by atoms with E-state index in [1.165, 1.54) is 186 Å². The molecule has 0 heterocycles. The molecule has 5 heteroatoms. The van der Waals surface area contributed by atoms with Crippen LogP contribution in [0.3, 0.4) is 0 Å². The molecule has 5 nitrogen and oxygen atoms in total. The molecule has 0 amide bonds. The van der Waals surface area contributed by atoms with E-state index in [1.54, 1.807) is 0 Å². The van der Waals surface area contributed by atoms with Crippen molar-refractivity contribution in [3.8, 4) is 0 Å². The van der Waals surface area contributed by atoms with Crippen molar-refractivity contribution < 1.29 is 23.8 Å². The summed E-state index contributed by atoms with van der Waals surface area (Å²) in [7, 11) is 0. The van der Waals surface area contributed by atoms with Gasteiger partial charge in [-0.25, -0.2) is 0 Å². The van der Waals surface area contributed by atoms with Gasteiger partial charge in [0, 0.05) is 19.4 Å². The Hall–Kier alpha value is -2.92. The molecule has 0 saturated carbocycles. The largest absolute Gasteiger partial charge is 0.462 e. The maximum absolute atomic E-state index is 12.9. The first-order valence-corrected chi connectivity index (χ1v) is 31.1. The molecule has 0 spiro atoms. The van der Waals surface area contributed by atoms with Crippen LogP contribution < -0.4 is 0 Å². The number of ether oxygens (including phenoxy) is 3. The highest BCUT2D eigenvalue weighted by Gasteiger charge is 2.17. The van der Waals surface area contributed by atoms with E-state index >= 15 is 0 Å². The van der Waals surface area contributed by atoms with Crippen LogP contribution in [-0.2, 0) is 23.8 Å². The van der Waals surface area contributed by atoms with Crippen LogP contribution in [0, 0.1) is 0 Å². The highest BCUT2D eigenvalue weighted by atomic mass is 16.6. The van der Waals surface area contributed by atoms with Crippen molar-refractivity contribution >= 4 is 11.9 Å². The van der Waals surface area contributed by atoms with Gasteiger partial charge in [0.15, 0.2) is 6.10 Å².